The second-order valence-electron chi connectivity index (χ2n) is 26.8. The van der Waals surface area contributed by atoms with Crippen molar-refractivity contribution >= 4 is 27.8 Å². The number of aryl methyl sites for hydroxylation is 2. The third-order valence-electron chi connectivity index (χ3n) is 19.8. The summed E-state index contributed by atoms with van der Waals surface area (Å²) in [6.45, 7) is -4.50. The van der Waals surface area contributed by atoms with Crippen LogP contribution in [0.1, 0.15) is 49.6 Å². The Balaban J connectivity index is 0.706. The zero-order valence-electron chi connectivity index (χ0n) is 56.3. The second kappa shape index (κ2) is 36.5. The first-order chi connectivity index (χ1) is 49.8. The fourth-order valence-electron chi connectivity index (χ4n) is 13.8. The van der Waals surface area contributed by atoms with E-state index in [1.165, 1.54) is 0 Å². The van der Waals surface area contributed by atoms with E-state index in [1.807, 2.05) is 48.5 Å². The lowest BCUT2D eigenvalue weighted by atomic mass is 9.95. The van der Waals surface area contributed by atoms with Crippen molar-refractivity contribution in [2.24, 2.45) is 0 Å². The molecule has 0 amide bonds. The van der Waals surface area contributed by atoms with Crippen molar-refractivity contribution in [2.45, 2.75) is 261 Å². The fourth-order valence-corrected chi connectivity index (χ4v) is 13.8. The maximum Gasteiger partial charge on any atom is 0.187 e. The first-order valence-corrected chi connectivity index (χ1v) is 34.4. The summed E-state index contributed by atoms with van der Waals surface area (Å²) in [6, 6.07) is 15.6. The van der Waals surface area contributed by atoms with Crippen molar-refractivity contribution in [1.29, 1.82) is 0 Å². The number of para-hydroxylation sites is 1. The standard InChI is InChI=1S/C65H98N4O35/c1-2-3-11-36-68-37-38(26-8-4-5-9-27(26)67-59(37)66)69(36)16-25-14-12-24(13-15-25)7-6-10-28(77)39(79)53(29(78)17-70)99-61-48(88)42(82)55(31(19-72)94-61)101-63-50(90)44(84)57(33(21-74)96-63)103-65-52(92)46(86)58(35(23-76)98-65)104-64-51(91)45(85)56(34(22-75)97-64)102-62-49(89)43(83)54(32(20-73)95-62)100-60-47(87)41(81)40(80)30(18-71)93-60/h4-5,8-9,12-15,28-35,39-58,60-65,70-92H,2-3,6-7,10-11,16-23H2,1H3,(H2,66,67)/t28-,29+,30+,31+,32+,33+,34+,35+,39+,40+,41-,42+,43+,44+,45+,46+,47+,48+,49+,50+,51+,52+,53?,54+,55+,56+,57+,58+,60?,61+,62?,63?,64?,65?/m0/s1. The molecule has 104 heavy (non-hydrogen) atoms. The quantitative estimate of drug-likeness (QED) is 0.0222. The molecule has 0 saturated carbocycles. The number of nitrogens with zero attached hydrogens (tertiary/aromatic N) is 3. The molecule has 8 heterocycles. The molecule has 0 aliphatic carbocycles. The van der Waals surface area contributed by atoms with E-state index in [4.69, 9.17) is 67.6 Å². The number of hydrogen-bond acceptors (Lipinski definition) is 38. The topological polar surface area (TPSA) is 633 Å². The molecule has 6 aliphatic rings. The van der Waals surface area contributed by atoms with Crippen LogP contribution in [0.5, 0.6) is 0 Å². The van der Waals surface area contributed by atoms with Crippen LogP contribution in [0.3, 0.4) is 0 Å². The van der Waals surface area contributed by atoms with Gasteiger partial charge in [-0.3, -0.25) is 0 Å². The van der Waals surface area contributed by atoms with Crippen LogP contribution in [0.25, 0.3) is 21.9 Å². The minimum absolute atomic E-state index is 0.0635. The summed E-state index contributed by atoms with van der Waals surface area (Å²) < 4.78 is 70.2. The van der Waals surface area contributed by atoms with Gasteiger partial charge < -0.3 is 185 Å². The van der Waals surface area contributed by atoms with Crippen LogP contribution in [0.2, 0.25) is 0 Å². The van der Waals surface area contributed by atoms with Crippen molar-refractivity contribution < 1.29 is 174 Å². The number of benzene rings is 2. The minimum atomic E-state index is -2.25. The summed E-state index contributed by atoms with van der Waals surface area (Å²) in [6.07, 6.45) is -63.2. The highest BCUT2D eigenvalue weighted by atomic mass is 16.8. The Hall–Kier alpha value is -4.28. The third-order valence-corrected chi connectivity index (χ3v) is 19.8. The monoisotopic (exact) mass is 1490 g/mol. The molecule has 2 aromatic heterocycles. The van der Waals surface area contributed by atoms with Gasteiger partial charge in [-0.15, -0.1) is 0 Å². The van der Waals surface area contributed by atoms with E-state index in [0.29, 0.717) is 30.7 Å². The molecule has 0 bridgehead atoms. The molecule has 2 aromatic carbocycles. The van der Waals surface area contributed by atoms with E-state index in [2.05, 4.69) is 16.5 Å². The third kappa shape index (κ3) is 17.5. The van der Waals surface area contributed by atoms with Gasteiger partial charge in [0.15, 0.2) is 43.6 Å². The number of imidazole rings is 1. The molecule has 39 heteroatoms. The molecule has 6 fully saturated rings. The zero-order chi connectivity index (χ0) is 75.3. The Labute approximate surface area is 593 Å². The Bertz CT molecular complexity index is 3290. The van der Waals surface area contributed by atoms with Crippen LogP contribution >= 0.6 is 0 Å². The Morgan fingerprint density at radius 3 is 1.23 bits per heavy atom. The highest BCUT2D eigenvalue weighted by Gasteiger charge is 2.58. The molecule has 0 spiro atoms. The van der Waals surface area contributed by atoms with Gasteiger partial charge in [-0.25, -0.2) is 9.97 Å². The first kappa shape index (κ1) is 82.2. The largest absolute Gasteiger partial charge is 0.394 e. The van der Waals surface area contributed by atoms with Crippen molar-refractivity contribution in [2.75, 3.05) is 52.0 Å². The Morgan fingerprint density at radius 2 is 0.817 bits per heavy atom. The highest BCUT2D eigenvalue weighted by molar-refractivity contribution is 6.06. The number of aliphatic hydroxyl groups is 23. The van der Waals surface area contributed by atoms with Crippen molar-refractivity contribution in [3.8, 4) is 0 Å². The fraction of sp³-hybridized carbons (Fsp3) is 0.754. The van der Waals surface area contributed by atoms with Gasteiger partial charge in [-0.1, -0.05) is 55.8 Å². The number of aliphatic hydroxyl groups excluding tert-OH is 23. The number of unbranched alkanes of at least 4 members (excludes halogenated alkanes) is 1. The number of nitrogen functional groups attached to an aromatic ring is 1. The van der Waals surface area contributed by atoms with Crippen molar-refractivity contribution in [1.82, 2.24) is 14.5 Å². The molecular weight excluding hydrogens is 1400 g/mol. The maximum absolute atomic E-state index is 11.5. The summed E-state index contributed by atoms with van der Waals surface area (Å²) in [5.74, 6) is 1.23. The van der Waals surface area contributed by atoms with E-state index >= 15 is 0 Å². The number of ether oxygens (including phenoxy) is 12. The molecule has 6 saturated heterocycles. The van der Waals surface area contributed by atoms with Gasteiger partial charge in [-0.05, 0) is 42.9 Å². The number of nitrogens with two attached hydrogens (primary N) is 1. The van der Waals surface area contributed by atoms with Gasteiger partial charge in [0.1, 0.15) is 176 Å². The van der Waals surface area contributed by atoms with E-state index < -0.39 is 255 Å². The number of hydrogen-bond donors (Lipinski definition) is 24. The van der Waals surface area contributed by atoms with Crippen LogP contribution in [0.15, 0.2) is 48.5 Å². The van der Waals surface area contributed by atoms with Crippen LogP contribution in [0, 0.1) is 0 Å². The van der Waals surface area contributed by atoms with E-state index in [-0.39, 0.29) is 6.42 Å². The van der Waals surface area contributed by atoms with Gasteiger partial charge in [-0.2, -0.15) is 0 Å². The molecule has 0 radical (unpaired) electrons. The number of rotatable bonds is 31. The molecule has 6 unspecified atom stereocenters. The van der Waals surface area contributed by atoms with Crippen LogP contribution in [-0.4, -0.2) is 387 Å². The number of anilines is 1. The summed E-state index contributed by atoms with van der Waals surface area (Å²) >= 11 is 0. The van der Waals surface area contributed by atoms with Crippen LogP contribution in [0.4, 0.5) is 5.82 Å². The average molecular weight is 1500 g/mol. The predicted molar refractivity (Wildman–Crippen MR) is 343 cm³/mol. The zero-order valence-corrected chi connectivity index (χ0v) is 56.3. The smallest absolute Gasteiger partial charge is 0.187 e. The molecule has 588 valence electrons. The van der Waals surface area contributed by atoms with Gasteiger partial charge in [0.25, 0.3) is 0 Å². The lowest BCUT2D eigenvalue weighted by Crippen LogP contribution is -2.68. The number of pyridine rings is 1. The molecule has 39 nitrogen and oxygen atoms in total. The predicted octanol–water partition coefficient (Wildman–Crippen LogP) is -10.7. The first-order valence-electron chi connectivity index (χ1n) is 34.4. The Kier molecular flexibility index (Phi) is 28.9. The van der Waals surface area contributed by atoms with Crippen LogP contribution in [-0.2, 0) is 76.2 Å². The van der Waals surface area contributed by atoms with Gasteiger partial charge in [0.05, 0.1) is 63.4 Å². The van der Waals surface area contributed by atoms with Crippen molar-refractivity contribution in [3.63, 3.8) is 0 Å². The lowest BCUT2D eigenvalue weighted by molar-refractivity contribution is -0.397. The summed E-state index contributed by atoms with van der Waals surface area (Å²) in [5.41, 5.74) is 10.6. The number of fused-ring (bicyclic) bond motifs is 3. The maximum atomic E-state index is 11.5. The van der Waals surface area contributed by atoms with Crippen LogP contribution < -0.4 is 5.73 Å². The molecule has 25 N–H and O–H groups in total. The van der Waals surface area contributed by atoms with Gasteiger partial charge >= 0.3 is 0 Å². The SMILES string of the molecule is CCCCc1nc2c(N)nc3ccccc3c2n1Cc1ccc(CCC[C@H](O)[C@@H](O)C(O[C@H]2O[C@H](CO)[C@@H](OC3O[C@H](CO)[C@@H](OC4O[C@H](CO)[C@@H](OC5O[C@H](CO)[C@@H](OC6O[C@H](CO)[C@@H](OC7O[C@H](CO)[C@@H](O)[C@H](O)[C@H]7O)[C@H](O)[C@H]6O)[C@H](O)[C@H]5O)[C@H](O)[C@H]4O)[C@H](O)[C@H]3O)[C@H](O)[C@H]2O)[C@H](O)CO)cc1. The molecule has 6 aliphatic heterocycles. The van der Waals surface area contributed by atoms with Gasteiger partial charge in [0, 0.05) is 18.4 Å². The summed E-state index contributed by atoms with van der Waals surface area (Å²) in [4.78, 5) is 9.49. The average Bonchev–Trinajstić information content (AvgIpc) is 1.70. The Morgan fingerprint density at radius 1 is 0.433 bits per heavy atom. The van der Waals surface area contributed by atoms with Crippen molar-refractivity contribution in [3.05, 3.63) is 65.5 Å². The molecule has 10 rings (SSSR count). The second-order valence-corrected chi connectivity index (χ2v) is 26.8. The molecule has 4 aromatic rings. The van der Waals surface area contributed by atoms with Gasteiger partial charge in [0.2, 0.25) is 0 Å². The normalized spacial score (nSPS) is 40.0. The summed E-state index contributed by atoms with van der Waals surface area (Å²) in [7, 11) is 0. The molecule has 34 atom stereocenters. The number of aromatic nitrogens is 3. The summed E-state index contributed by atoms with van der Waals surface area (Å²) in [5, 5.41) is 250. The minimum Gasteiger partial charge on any atom is -0.394 e. The highest BCUT2D eigenvalue weighted by Crippen LogP contribution is 2.39. The lowest BCUT2D eigenvalue weighted by Gasteiger charge is -2.50. The van der Waals surface area contributed by atoms with E-state index in [9.17, 15) is 117 Å². The van der Waals surface area contributed by atoms with E-state index in [0.717, 1.165) is 52.6 Å². The molecular formula is C65H98N4O35. The van der Waals surface area contributed by atoms with E-state index in [1.54, 1.807) is 0 Å².